The standard InChI is InChI=1S/C18H22N6O4/c1-2-22-5-7-23(8-6-22)18-16(24(25)26)17(20-11-21-18)19-10-13-3-4-14-15(9-13)28-12-27-14/h3-4,9,11H,2,5-8,10,12H2,1H3,(H,19,20,21). The van der Waals surface area contributed by atoms with Gasteiger partial charge in [0.2, 0.25) is 18.4 Å². The molecule has 0 spiro atoms. The van der Waals surface area contributed by atoms with Gasteiger partial charge in [-0.3, -0.25) is 10.1 Å². The van der Waals surface area contributed by atoms with Gasteiger partial charge in [0.25, 0.3) is 0 Å². The van der Waals surface area contributed by atoms with E-state index < -0.39 is 4.92 Å². The average Bonchev–Trinajstić information content (AvgIpc) is 3.19. The van der Waals surface area contributed by atoms with Crippen molar-refractivity contribution in [1.82, 2.24) is 14.9 Å². The molecule has 0 aliphatic carbocycles. The molecule has 1 saturated heterocycles. The van der Waals surface area contributed by atoms with Gasteiger partial charge < -0.3 is 24.6 Å². The van der Waals surface area contributed by atoms with E-state index in [4.69, 9.17) is 9.47 Å². The summed E-state index contributed by atoms with van der Waals surface area (Å²) >= 11 is 0. The van der Waals surface area contributed by atoms with E-state index in [9.17, 15) is 10.1 Å². The molecule has 1 aromatic carbocycles. The smallest absolute Gasteiger partial charge is 0.353 e. The van der Waals surface area contributed by atoms with Gasteiger partial charge in [0.05, 0.1) is 4.92 Å². The van der Waals surface area contributed by atoms with Crippen LogP contribution in [0.2, 0.25) is 0 Å². The van der Waals surface area contributed by atoms with Crippen molar-refractivity contribution < 1.29 is 14.4 Å². The fourth-order valence-corrected chi connectivity index (χ4v) is 3.41. The second-order valence-electron chi connectivity index (χ2n) is 6.61. The summed E-state index contributed by atoms with van der Waals surface area (Å²) in [4.78, 5) is 24.0. The Morgan fingerprint density at radius 1 is 1.18 bits per heavy atom. The van der Waals surface area contributed by atoms with E-state index in [0.717, 1.165) is 25.2 Å². The Labute approximate surface area is 162 Å². The van der Waals surface area contributed by atoms with Gasteiger partial charge in [-0.1, -0.05) is 13.0 Å². The van der Waals surface area contributed by atoms with Crippen molar-refractivity contribution in [3.63, 3.8) is 0 Å². The maximum absolute atomic E-state index is 11.8. The molecule has 4 rings (SSSR count). The summed E-state index contributed by atoms with van der Waals surface area (Å²) in [5.41, 5.74) is 0.823. The lowest BCUT2D eigenvalue weighted by Gasteiger charge is -2.34. The lowest BCUT2D eigenvalue weighted by Crippen LogP contribution is -2.46. The Morgan fingerprint density at radius 3 is 2.71 bits per heavy atom. The molecule has 28 heavy (non-hydrogen) atoms. The van der Waals surface area contributed by atoms with Crippen LogP contribution in [-0.4, -0.2) is 59.3 Å². The van der Waals surface area contributed by atoms with Crippen LogP contribution in [-0.2, 0) is 6.54 Å². The fraction of sp³-hybridized carbons (Fsp3) is 0.444. The first-order valence-electron chi connectivity index (χ1n) is 9.24. The van der Waals surface area contributed by atoms with Crippen LogP contribution in [0.1, 0.15) is 12.5 Å². The Morgan fingerprint density at radius 2 is 1.96 bits per heavy atom. The fourth-order valence-electron chi connectivity index (χ4n) is 3.41. The SMILES string of the molecule is CCN1CCN(c2ncnc(NCc3ccc4c(c3)OCO4)c2[N+](=O)[O-])CC1. The van der Waals surface area contributed by atoms with E-state index in [-0.39, 0.29) is 18.3 Å². The molecule has 0 radical (unpaired) electrons. The predicted octanol–water partition coefficient (Wildman–Crippen LogP) is 1.87. The van der Waals surface area contributed by atoms with Crippen LogP contribution in [0.25, 0.3) is 0 Å². The molecule has 3 heterocycles. The minimum Gasteiger partial charge on any atom is -0.454 e. The van der Waals surface area contributed by atoms with Crippen molar-refractivity contribution in [2.75, 3.05) is 49.7 Å². The molecule has 1 aromatic heterocycles. The molecule has 0 atom stereocenters. The van der Waals surface area contributed by atoms with Gasteiger partial charge in [0, 0.05) is 32.7 Å². The first kappa shape index (κ1) is 18.2. The number of nitrogens with one attached hydrogen (secondary N) is 1. The number of hydrogen-bond donors (Lipinski definition) is 1. The number of anilines is 2. The number of hydrogen-bond acceptors (Lipinski definition) is 9. The second kappa shape index (κ2) is 7.85. The zero-order chi connectivity index (χ0) is 19.5. The Bertz CT molecular complexity index is 869. The highest BCUT2D eigenvalue weighted by Gasteiger charge is 2.29. The Balaban J connectivity index is 1.53. The molecular formula is C18H22N6O4. The van der Waals surface area contributed by atoms with Crippen molar-refractivity contribution >= 4 is 17.3 Å². The van der Waals surface area contributed by atoms with Gasteiger partial charge in [0.15, 0.2) is 11.5 Å². The maximum Gasteiger partial charge on any atom is 0.353 e. The van der Waals surface area contributed by atoms with E-state index in [1.165, 1.54) is 6.33 Å². The van der Waals surface area contributed by atoms with Gasteiger partial charge in [0.1, 0.15) is 6.33 Å². The van der Waals surface area contributed by atoms with Crippen LogP contribution in [0.15, 0.2) is 24.5 Å². The van der Waals surface area contributed by atoms with Crippen molar-refractivity contribution in [3.8, 4) is 11.5 Å². The molecule has 2 aliphatic heterocycles. The van der Waals surface area contributed by atoms with Crippen LogP contribution < -0.4 is 19.7 Å². The van der Waals surface area contributed by atoms with Crippen molar-refractivity contribution in [3.05, 3.63) is 40.2 Å². The van der Waals surface area contributed by atoms with Crippen LogP contribution in [0, 0.1) is 10.1 Å². The van der Waals surface area contributed by atoms with Crippen LogP contribution in [0.3, 0.4) is 0 Å². The molecule has 0 unspecified atom stereocenters. The largest absolute Gasteiger partial charge is 0.454 e. The molecule has 1 N–H and O–H groups in total. The third-order valence-corrected chi connectivity index (χ3v) is 5.00. The normalized spacial score (nSPS) is 16.2. The number of ether oxygens (including phenoxy) is 2. The van der Waals surface area contributed by atoms with Gasteiger partial charge in [-0.2, -0.15) is 0 Å². The number of nitrogens with zero attached hydrogens (tertiary/aromatic N) is 5. The first-order chi connectivity index (χ1) is 13.7. The topological polar surface area (TPSA) is 106 Å². The molecule has 0 bridgehead atoms. The molecule has 0 saturated carbocycles. The predicted molar refractivity (Wildman–Crippen MR) is 103 cm³/mol. The summed E-state index contributed by atoms with van der Waals surface area (Å²) in [6.45, 7) is 6.79. The molecule has 2 aromatic rings. The molecular weight excluding hydrogens is 364 g/mol. The molecule has 10 nitrogen and oxygen atoms in total. The number of aromatic nitrogens is 2. The number of nitro groups is 1. The third kappa shape index (κ3) is 3.63. The molecule has 0 amide bonds. The molecule has 2 aliphatic rings. The molecule has 1 fully saturated rings. The number of rotatable bonds is 6. The second-order valence-corrected chi connectivity index (χ2v) is 6.61. The molecule has 10 heteroatoms. The summed E-state index contributed by atoms with van der Waals surface area (Å²) in [6.07, 6.45) is 1.37. The minimum atomic E-state index is -0.413. The van der Waals surface area contributed by atoms with Crippen molar-refractivity contribution in [2.24, 2.45) is 0 Å². The zero-order valence-corrected chi connectivity index (χ0v) is 15.6. The van der Waals surface area contributed by atoms with E-state index in [2.05, 4.69) is 27.1 Å². The van der Waals surface area contributed by atoms with E-state index in [0.29, 0.717) is 37.0 Å². The van der Waals surface area contributed by atoms with Gasteiger partial charge in [-0.15, -0.1) is 0 Å². The third-order valence-electron chi connectivity index (χ3n) is 5.00. The summed E-state index contributed by atoms with van der Waals surface area (Å²) in [5.74, 6) is 1.95. The monoisotopic (exact) mass is 386 g/mol. The maximum atomic E-state index is 11.8. The lowest BCUT2D eigenvalue weighted by atomic mass is 10.2. The van der Waals surface area contributed by atoms with Crippen LogP contribution in [0.4, 0.5) is 17.3 Å². The average molecular weight is 386 g/mol. The van der Waals surface area contributed by atoms with E-state index >= 15 is 0 Å². The number of likely N-dealkylation sites (N-methyl/N-ethyl adjacent to an activating group) is 1. The Kier molecular flexibility index (Phi) is 5.11. The van der Waals surface area contributed by atoms with Gasteiger partial charge in [-0.25, -0.2) is 9.97 Å². The van der Waals surface area contributed by atoms with Crippen molar-refractivity contribution in [2.45, 2.75) is 13.5 Å². The minimum absolute atomic E-state index is 0.0896. The summed E-state index contributed by atoms with van der Waals surface area (Å²) in [6, 6.07) is 5.57. The first-order valence-corrected chi connectivity index (χ1v) is 9.24. The lowest BCUT2D eigenvalue weighted by molar-refractivity contribution is -0.383. The molecule has 148 valence electrons. The summed E-state index contributed by atoms with van der Waals surface area (Å²) in [5, 5.41) is 14.9. The van der Waals surface area contributed by atoms with E-state index in [1.807, 2.05) is 23.1 Å². The number of piperazine rings is 1. The van der Waals surface area contributed by atoms with Crippen LogP contribution >= 0.6 is 0 Å². The zero-order valence-electron chi connectivity index (χ0n) is 15.6. The van der Waals surface area contributed by atoms with Gasteiger partial charge >= 0.3 is 5.69 Å². The number of fused-ring (bicyclic) bond motifs is 1. The van der Waals surface area contributed by atoms with Crippen molar-refractivity contribution in [1.29, 1.82) is 0 Å². The highest BCUT2D eigenvalue weighted by Crippen LogP contribution is 2.34. The quantitative estimate of drug-likeness (QED) is 0.588. The van der Waals surface area contributed by atoms with Crippen LogP contribution in [0.5, 0.6) is 11.5 Å². The highest BCUT2D eigenvalue weighted by molar-refractivity contribution is 5.70. The highest BCUT2D eigenvalue weighted by atomic mass is 16.7. The number of benzene rings is 1. The summed E-state index contributed by atoms with van der Waals surface area (Å²) in [7, 11) is 0. The summed E-state index contributed by atoms with van der Waals surface area (Å²) < 4.78 is 10.7. The van der Waals surface area contributed by atoms with Gasteiger partial charge in [-0.05, 0) is 24.2 Å². The van der Waals surface area contributed by atoms with E-state index in [1.54, 1.807) is 0 Å². The Hall–Kier alpha value is -3.14.